The Morgan fingerprint density at radius 1 is 0.952 bits per heavy atom. The Kier molecular flexibility index (Phi) is 8.48. The van der Waals surface area contributed by atoms with Crippen molar-refractivity contribution in [3.8, 4) is 17.2 Å². The minimum absolute atomic E-state index is 0.154. The number of nitrogens with zero attached hydrogens (tertiary/aromatic N) is 2. The largest absolute Gasteiger partial charge is 0.502 e. The second-order valence-electron chi connectivity index (χ2n) is 10.1. The zero-order chi connectivity index (χ0) is 29.8. The van der Waals surface area contributed by atoms with Crippen molar-refractivity contribution in [3.05, 3.63) is 92.3 Å². The van der Waals surface area contributed by atoms with Crippen LogP contribution in [0.2, 0.25) is 0 Å². The lowest BCUT2D eigenvalue weighted by molar-refractivity contribution is -0.140. The van der Waals surface area contributed by atoms with Crippen LogP contribution >= 0.6 is 0 Å². The number of H-pyrrole nitrogens is 1. The monoisotopic (exact) mass is 575 g/mol. The number of aromatic hydroxyl groups is 1. The molecule has 1 atom stereocenters. The maximum atomic E-state index is 13.2. The molecule has 4 aromatic rings. The number of ether oxygens (including phenoxy) is 3. The molecule has 2 aromatic heterocycles. The first-order valence-corrected chi connectivity index (χ1v) is 13.5. The smallest absolute Gasteiger partial charge is 0.306 e. The molecule has 42 heavy (non-hydrogen) atoms. The van der Waals surface area contributed by atoms with E-state index in [4.69, 9.17) is 18.6 Å². The Morgan fingerprint density at radius 3 is 2.31 bits per heavy atom. The predicted octanol–water partition coefficient (Wildman–Crippen LogP) is 3.22. The molecule has 1 saturated heterocycles. The molecule has 1 fully saturated rings. The van der Waals surface area contributed by atoms with Crippen LogP contribution in [0.25, 0.3) is 10.9 Å². The van der Waals surface area contributed by atoms with Gasteiger partial charge in [-0.05, 0) is 47.9 Å². The number of anilines is 1. The summed E-state index contributed by atoms with van der Waals surface area (Å²) < 4.78 is 21.5. The maximum Gasteiger partial charge on any atom is 0.306 e. The van der Waals surface area contributed by atoms with Crippen LogP contribution in [0, 0.1) is 0 Å². The highest BCUT2D eigenvalue weighted by Gasteiger charge is 2.29. The van der Waals surface area contributed by atoms with E-state index >= 15 is 0 Å². The first-order valence-electron chi connectivity index (χ1n) is 13.5. The first-order chi connectivity index (χ1) is 20.3. The van der Waals surface area contributed by atoms with E-state index in [0.717, 1.165) is 24.5 Å². The van der Waals surface area contributed by atoms with Gasteiger partial charge in [0.15, 0.2) is 5.76 Å². The average molecular weight is 576 g/mol. The number of rotatable bonds is 9. The van der Waals surface area contributed by atoms with Crippen molar-refractivity contribution >= 4 is 22.6 Å². The minimum Gasteiger partial charge on any atom is -0.502 e. The van der Waals surface area contributed by atoms with E-state index in [2.05, 4.69) is 14.8 Å². The normalized spacial score (nSPS) is 14.5. The fraction of sp³-hybridized carbons (Fsp3) is 0.323. The molecular formula is C31H33N3O8. The SMILES string of the molecule is COC(=O)CC(c1oc(CN2CCN(c3ccc(OC)cc3)CC2)cc(=O)c1O)c1cc2ccc(OC)cc2[nH]c1=O. The molecule has 0 bridgehead atoms. The van der Waals surface area contributed by atoms with Crippen LogP contribution in [-0.4, -0.2) is 68.5 Å². The quantitative estimate of drug-likeness (QED) is 0.287. The van der Waals surface area contributed by atoms with Crippen LogP contribution in [-0.2, 0) is 16.1 Å². The summed E-state index contributed by atoms with van der Waals surface area (Å²) >= 11 is 0. The zero-order valence-corrected chi connectivity index (χ0v) is 23.7. The number of hydrogen-bond acceptors (Lipinski definition) is 10. The lowest BCUT2D eigenvalue weighted by atomic mass is 9.92. The van der Waals surface area contributed by atoms with Gasteiger partial charge in [0.2, 0.25) is 11.2 Å². The van der Waals surface area contributed by atoms with Gasteiger partial charge in [0, 0.05) is 49.6 Å². The van der Waals surface area contributed by atoms with Crippen molar-refractivity contribution in [3.63, 3.8) is 0 Å². The third-order valence-corrected chi connectivity index (χ3v) is 7.56. The van der Waals surface area contributed by atoms with Gasteiger partial charge < -0.3 is 33.6 Å². The van der Waals surface area contributed by atoms with Crippen molar-refractivity contribution < 1.29 is 28.5 Å². The number of aromatic nitrogens is 1. The van der Waals surface area contributed by atoms with Crippen molar-refractivity contribution in [1.29, 1.82) is 0 Å². The molecule has 0 aliphatic carbocycles. The highest BCUT2D eigenvalue weighted by atomic mass is 16.5. The molecule has 2 N–H and O–H groups in total. The average Bonchev–Trinajstić information content (AvgIpc) is 3.01. The topological polar surface area (TPSA) is 135 Å². The van der Waals surface area contributed by atoms with E-state index in [-0.39, 0.29) is 17.7 Å². The Bertz CT molecular complexity index is 1690. The number of esters is 1. The third kappa shape index (κ3) is 6.10. The summed E-state index contributed by atoms with van der Waals surface area (Å²) in [7, 11) is 4.39. The molecule has 1 unspecified atom stereocenters. The molecule has 3 heterocycles. The van der Waals surface area contributed by atoms with Gasteiger partial charge in [0.05, 0.1) is 45.7 Å². The third-order valence-electron chi connectivity index (χ3n) is 7.56. The fourth-order valence-electron chi connectivity index (χ4n) is 5.22. The number of benzene rings is 2. The summed E-state index contributed by atoms with van der Waals surface area (Å²) in [6, 6.07) is 16.0. The molecule has 2 aromatic carbocycles. The van der Waals surface area contributed by atoms with Crippen LogP contribution in [0.4, 0.5) is 5.69 Å². The lowest BCUT2D eigenvalue weighted by Crippen LogP contribution is -2.46. The molecule has 0 spiro atoms. The van der Waals surface area contributed by atoms with Gasteiger partial charge in [-0.2, -0.15) is 0 Å². The summed E-state index contributed by atoms with van der Waals surface area (Å²) in [4.78, 5) is 45.8. The van der Waals surface area contributed by atoms with E-state index in [1.807, 2.05) is 24.3 Å². The van der Waals surface area contributed by atoms with E-state index in [1.54, 1.807) is 31.4 Å². The van der Waals surface area contributed by atoms with Gasteiger partial charge in [-0.15, -0.1) is 0 Å². The van der Waals surface area contributed by atoms with Crippen molar-refractivity contribution in [2.75, 3.05) is 52.4 Å². The summed E-state index contributed by atoms with van der Waals surface area (Å²) in [6.45, 7) is 3.28. The minimum atomic E-state index is -1.06. The lowest BCUT2D eigenvalue weighted by Gasteiger charge is -2.36. The molecule has 0 amide bonds. The van der Waals surface area contributed by atoms with E-state index < -0.39 is 28.6 Å². The molecule has 5 rings (SSSR count). The van der Waals surface area contributed by atoms with Gasteiger partial charge in [-0.25, -0.2) is 0 Å². The highest BCUT2D eigenvalue weighted by molar-refractivity contribution is 5.81. The second-order valence-corrected chi connectivity index (χ2v) is 10.1. The number of fused-ring (bicyclic) bond motifs is 1. The summed E-state index contributed by atoms with van der Waals surface area (Å²) in [5, 5.41) is 11.5. The van der Waals surface area contributed by atoms with Crippen LogP contribution in [0.3, 0.4) is 0 Å². The second kappa shape index (κ2) is 12.4. The maximum absolute atomic E-state index is 13.2. The highest BCUT2D eigenvalue weighted by Crippen LogP contribution is 2.33. The van der Waals surface area contributed by atoms with Crippen LogP contribution < -0.4 is 25.4 Å². The van der Waals surface area contributed by atoms with Gasteiger partial charge in [-0.3, -0.25) is 19.3 Å². The molecular weight excluding hydrogens is 542 g/mol. The standard InChI is InChI=1S/C31H33N3O8/c1-39-21-8-5-20(6-9-21)34-12-10-33(11-13-34)18-23-16-27(35)29(37)30(42-23)24(17-28(36)41-3)25-14-19-4-7-22(40-2)15-26(19)32-31(25)38/h4-9,14-16,24,37H,10-13,17-18H2,1-3H3,(H,32,38). The van der Waals surface area contributed by atoms with Crippen LogP contribution in [0.5, 0.6) is 17.2 Å². The van der Waals surface area contributed by atoms with Gasteiger partial charge in [0.25, 0.3) is 5.56 Å². The molecule has 1 aliphatic heterocycles. The molecule has 11 nitrogen and oxygen atoms in total. The number of piperazine rings is 1. The number of methoxy groups -OCH3 is 3. The Labute approximate surface area is 241 Å². The first kappa shape index (κ1) is 28.7. The Hall–Kier alpha value is -4.77. The zero-order valence-electron chi connectivity index (χ0n) is 23.7. The number of hydrogen-bond donors (Lipinski definition) is 2. The number of carbonyl (C=O) groups is 1. The molecule has 11 heteroatoms. The van der Waals surface area contributed by atoms with Crippen LogP contribution in [0.15, 0.2) is 68.6 Å². The Morgan fingerprint density at radius 2 is 1.64 bits per heavy atom. The van der Waals surface area contributed by atoms with Crippen molar-refractivity contribution in [1.82, 2.24) is 9.88 Å². The molecule has 0 saturated carbocycles. The van der Waals surface area contributed by atoms with Crippen LogP contribution in [0.1, 0.15) is 29.4 Å². The molecule has 0 radical (unpaired) electrons. The fourth-order valence-corrected chi connectivity index (χ4v) is 5.22. The summed E-state index contributed by atoms with van der Waals surface area (Å²) in [5.74, 6) is -0.805. The van der Waals surface area contributed by atoms with Gasteiger partial charge in [0.1, 0.15) is 17.3 Å². The van der Waals surface area contributed by atoms with Gasteiger partial charge >= 0.3 is 5.97 Å². The number of carbonyl (C=O) groups excluding carboxylic acids is 1. The van der Waals surface area contributed by atoms with E-state index in [0.29, 0.717) is 42.0 Å². The Balaban J connectivity index is 1.42. The predicted molar refractivity (Wildman–Crippen MR) is 157 cm³/mol. The van der Waals surface area contributed by atoms with Crippen molar-refractivity contribution in [2.24, 2.45) is 0 Å². The number of aromatic amines is 1. The molecule has 1 aliphatic rings. The van der Waals surface area contributed by atoms with E-state index in [9.17, 15) is 19.5 Å². The summed E-state index contributed by atoms with van der Waals surface area (Å²) in [5.41, 5.74) is 0.639. The van der Waals surface area contributed by atoms with E-state index in [1.165, 1.54) is 20.3 Å². The summed E-state index contributed by atoms with van der Waals surface area (Å²) in [6.07, 6.45) is -0.318. The molecule has 220 valence electrons. The van der Waals surface area contributed by atoms with Gasteiger partial charge in [-0.1, -0.05) is 0 Å². The number of pyridine rings is 1. The number of nitrogens with one attached hydrogen (secondary N) is 1. The van der Waals surface area contributed by atoms with Crippen molar-refractivity contribution in [2.45, 2.75) is 18.9 Å².